The van der Waals surface area contributed by atoms with Crippen LogP contribution in [0.1, 0.15) is 33.1 Å². The summed E-state index contributed by atoms with van der Waals surface area (Å²) in [6, 6.07) is 0. The average Bonchev–Trinajstić information content (AvgIpc) is 2.32. The van der Waals surface area contributed by atoms with Crippen molar-refractivity contribution in [2.75, 3.05) is 0 Å². The molecule has 1 fully saturated rings. The van der Waals surface area contributed by atoms with Gasteiger partial charge in [-0.05, 0) is 44.9 Å². The molecule has 0 spiro atoms. The second kappa shape index (κ2) is 3.73. The molecule has 13 heavy (non-hydrogen) atoms. The van der Waals surface area contributed by atoms with Crippen LogP contribution in [0.15, 0.2) is 11.1 Å². The van der Waals surface area contributed by atoms with Crippen LogP contribution >= 0.6 is 34.2 Å². The van der Waals surface area contributed by atoms with E-state index in [-0.39, 0.29) is 0 Å². The summed E-state index contributed by atoms with van der Waals surface area (Å²) >= 11 is 8.86. The molecule has 0 radical (unpaired) electrons. The fraction of sp³-hybridized carbons (Fsp3) is 0.818. The van der Waals surface area contributed by atoms with Crippen molar-refractivity contribution in [2.45, 2.75) is 42.4 Å². The molecule has 2 rings (SSSR count). The van der Waals surface area contributed by atoms with Crippen molar-refractivity contribution in [1.29, 1.82) is 0 Å². The van der Waals surface area contributed by atoms with Crippen LogP contribution in [-0.4, -0.2) is 9.30 Å². The van der Waals surface area contributed by atoms with Gasteiger partial charge in [-0.15, -0.1) is 11.6 Å². The Morgan fingerprint density at radius 3 is 2.54 bits per heavy atom. The number of alkyl halides is 2. The van der Waals surface area contributed by atoms with E-state index in [9.17, 15) is 0 Å². The van der Waals surface area contributed by atoms with Gasteiger partial charge in [-0.2, -0.15) is 0 Å². The van der Waals surface area contributed by atoms with Gasteiger partial charge in [0.1, 0.15) is 0 Å². The SMILES string of the molecule is CC1=C(C)CC2C(C1)C[C@@H](Cl)[C@@H]2I. The summed E-state index contributed by atoms with van der Waals surface area (Å²) in [6.07, 6.45) is 3.84. The maximum Gasteiger partial charge on any atom is 0.0459 e. The maximum absolute atomic E-state index is 6.31. The lowest BCUT2D eigenvalue weighted by Crippen LogP contribution is -2.21. The highest BCUT2D eigenvalue weighted by molar-refractivity contribution is 14.1. The van der Waals surface area contributed by atoms with E-state index in [1.54, 1.807) is 11.1 Å². The van der Waals surface area contributed by atoms with Gasteiger partial charge in [-0.25, -0.2) is 0 Å². The molecule has 4 atom stereocenters. The molecule has 2 heteroatoms. The van der Waals surface area contributed by atoms with Crippen LogP contribution in [-0.2, 0) is 0 Å². The van der Waals surface area contributed by atoms with Crippen molar-refractivity contribution in [2.24, 2.45) is 11.8 Å². The molecule has 0 aromatic carbocycles. The fourth-order valence-electron chi connectivity index (χ4n) is 2.73. The monoisotopic (exact) mass is 310 g/mol. The Bertz CT molecular complexity index is 246. The second-order valence-corrected chi connectivity index (χ2v) is 6.59. The lowest BCUT2D eigenvalue weighted by Gasteiger charge is -2.29. The Hall–Kier alpha value is 0.760. The molecular formula is C11H16ClI. The first-order chi connectivity index (χ1) is 6.09. The van der Waals surface area contributed by atoms with Crippen LogP contribution in [0, 0.1) is 11.8 Å². The molecule has 0 amide bonds. The average molecular weight is 311 g/mol. The third-order valence-electron chi connectivity index (χ3n) is 3.73. The molecule has 0 aromatic heterocycles. The molecule has 0 bridgehead atoms. The van der Waals surface area contributed by atoms with Gasteiger partial charge in [-0.1, -0.05) is 33.7 Å². The van der Waals surface area contributed by atoms with E-state index in [2.05, 4.69) is 36.4 Å². The summed E-state index contributed by atoms with van der Waals surface area (Å²) in [4.78, 5) is 0. The quantitative estimate of drug-likeness (QED) is 0.358. The van der Waals surface area contributed by atoms with Crippen molar-refractivity contribution >= 4 is 34.2 Å². The Kier molecular flexibility index (Phi) is 2.95. The molecule has 0 aromatic rings. The first kappa shape index (κ1) is 10.3. The molecule has 74 valence electrons. The summed E-state index contributed by atoms with van der Waals surface area (Å²) in [5.74, 6) is 1.75. The van der Waals surface area contributed by atoms with E-state index >= 15 is 0 Å². The summed E-state index contributed by atoms with van der Waals surface area (Å²) in [5.41, 5.74) is 3.24. The van der Waals surface area contributed by atoms with Gasteiger partial charge in [0.05, 0.1) is 0 Å². The van der Waals surface area contributed by atoms with E-state index in [0.717, 1.165) is 11.8 Å². The molecule has 2 unspecified atom stereocenters. The predicted octanol–water partition coefficient (Wildman–Crippen LogP) is 4.16. The lowest BCUT2D eigenvalue weighted by molar-refractivity contribution is 0.367. The Morgan fingerprint density at radius 2 is 1.85 bits per heavy atom. The van der Waals surface area contributed by atoms with Crippen molar-refractivity contribution < 1.29 is 0 Å². The van der Waals surface area contributed by atoms with Gasteiger partial charge in [0, 0.05) is 9.30 Å². The molecule has 0 heterocycles. The number of halogens is 2. The van der Waals surface area contributed by atoms with Gasteiger partial charge < -0.3 is 0 Å². The molecular weight excluding hydrogens is 294 g/mol. The first-order valence-electron chi connectivity index (χ1n) is 5.03. The van der Waals surface area contributed by atoms with Crippen LogP contribution in [0.3, 0.4) is 0 Å². The van der Waals surface area contributed by atoms with Crippen LogP contribution in [0.4, 0.5) is 0 Å². The standard InChI is InChI=1S/C11H16ClI/c1-6-3-8-5-10(12)11(13)9(8)4-7(6)2/h8-11H,3-5H2,1-2H3/t8?,9?,10-,11-/m1/s1. The molecule has 0 nitrogen and oxygen atoms in total. The number of rotatable bonds is 0. The van der Waals surface area contributed by atoms with E-state index in [4.69, 9.17) is 11.6 Å². The Morgan fingerprint density at radius 1 is 1.23 bits per heavy atom. The van der Waals surface area contributed by atoms with Crippen LogP contribution in [0.5, 0.6) is 0 Å². The third-order valence-corrected chi connectivity index (χ3v) is 6.39. The zero-order valence-electron chi connectivity index (χ0n) is 8.19. The normalized spacial score (nSPS) is 45.2. The van der Waals surface area contributed by atoms with Crippen molar-refractivity contribution in [3.8, 4) is 0 Å². The summed E-state index contributed by atoms with van der Waals surface area (Å²) in [6.45, 7) is 4.58. The van der Waals surface area contributed by atoms with Crippen LogP contribution in [0.2, 0.25) is 0 Å². The highest BCUT2D eigenvalue weighted by atomic mass is 127. The minimum atomic E-state index is 0.425. The van der Waals surface area contributed by atoms with E-state index in [1.165, 1.54) is 19.3 Å². The topological polar surface area (TPSA) is 0 Å². The summed E-state index contributed by atoms with van der Waals surface area (Å²) in [7, 11) is 0. The van der Waals surface area contributed by atoms with E-state index < -0.39 is 0 Å². The highest BCUT2D eigenvalue weighted by Crippen LogP contribution is 2.49. The molecule has 0 saturated heterocycles. The van der Waals surface area contributed by atoms with Gasteiger partial charge in [-0.3, -0.25) is 0 Å². The van der Waals surface area contributed by atoms with Crippen molar-refractivity contribution in [3.63, 3.8) is 0 Å². The fourth-order valence-corrected chi connectivity index (χ4v) is 4.28. The zero-order valence-corrected chi connectivity index (χ0v) is 11.1. The second-order valence-electron chi connectivity index (χ2n) is 4.59. The summed E-state index contributed by atoms with van der Waals surface area (Å²) < 4.78 is 0.701. The predicted molar refractivity (Wildman–Crippen MR) is 66.7 cm³/mol. The zero-order chi connectivity index (χ0) is 9.59. The number of hydrogen-bond acceptors (Lipinski definition) is 0. The lowest BCUT2D eigenvalue weighted by atomic mass is 9.79. The Balaban J connectivity index is 2.17. The molecule has 2 aliphatic rings. The largest absolute Gasteiger partial charge is 0.122 e. The van der Waals surface area contributed by atoms with Gasteiger partial charge >= 0.3 is 0 Å². The minimum absolute atomic E-state index is 0.425. The highest BCUT2D eigenvalue weighted by Gasteiger charge is 2.42. The Labute approximate surface area is 99.3 Å². The van der Waals surface area contributed by atoms with Gasteiger partial charge in [0.25, 0.3) is 0 Å². The van der Waals surface area contributed by atoms with Crippen LogP contribution in [0.25, 0.3) is 0 Å². The molecule has 1 saturated carbocycles. The van der Waals surface area contributed by atoms with Gasteiger partial charge in [0.15, 0.2) is 0 Å². The van der Waals surface area contributed by atoms with E-state index in [1.807, 2.05) is 0 Å². The number of fused-ring (bicyclic) bond motifs is 1. The van der Waals surface area contributed by atoms with Crippen molar-refractivity contribution in [3.05, 3.63) is 11.1 Å². The number of hydrogen-bond donors (Lipinski definition) is 0. The smallest absolute Gasteiger partial charge is 0.0459 e. The van der Waals surface area contributed by atoms with Gasteiger partial charge in [0.2, 0.25) is 0 Å². The minimum Gasteiger partial charge on any atom is -0.122 e. The summed E-state index contributed by atoms with van der Waals surface area (Å²) in [5, 5.41) is 0.425. The molecule has 0 aliphatic heterocycles. The van der Waals surface area contributed by atoms with Crippen molar-refractivity contribution in [1.82, 2.24) is 0 Å². The third kappa shape index (κ3) is 1.79. The maximum atomic E-state index is 6.31. The van der Waals surface area contributed by atoms with E-state index in [0.29, 0.717) is 9.30 Å². The first-order valence-corrected chi connectivity index (χ1v) is 6.71. The number of allylic oxidation sites excluding steroid dienone is 2. The molecule has 2 aliphatic carbocycles. The molecule has 0 N–H and O–H groups in total. The van der Waals surface area contributed by atoms with Crippen LogP contribution < -0.4 is 0 Å².